The van der Waals surface area contributed by atoms with Gasteiger partial charge in [-0.15, -0.1) is 0 Å². The quantitative estimate of drug-likeness (QED) is 0.769. The van der Waals surface area contributed by atoms with E-state index >= 15 is 0 Å². The van der Waals surface area contributed by atoms with Crippen LogP contribution in [0.3, 0.4) is 0 Å². The van der Waals surface area contributed by atoms with Crippen LogP contribution in [0.15, 0.2) is 0 Å². The van der Waals surface area contributed by atoms with E-state index in [1.54, 1.807) is 7.11 Å². The van der Waals surface area contributed by atoms with Crippen LogP contribution >= 0.6 is 0 Å². The van der Waals surface area contributed by atoms with Crippen LogP contribution in [0.2, 0.25) is 0 Å². The van der Waals surface area contributed by atoms with Crippen molar-refractivity contribution in [2.45, 2.75) is 45.4 Å². The van der Waals surface area contributed by atoms with Crippen LogP contribution in [0.5, 0.6) is 0 Å². The minimum absolute atomic E-state index is 0.211. The molecule has 1 aliphatic heterocycles. The van der Waals surface area contributed by atoms with Crippen LogP contribution in [-0.4, -0.2) is 74.4 Å². The summed E-state index contributed by atoms with van der Waals surface area (Å²) < 4.78 is 5.35. The van der Waals surface area contributed by atoms with Crippen LogP contribution in [0.1, 0.15) is 27.7 Å². The van der Waals surface area contributed by atoms with E-state index in [1.807, 2.05) is 0 Å². The summed E-state index contributed by atoms with van der Waals surface area (Å²) in [5.74, 6) is 0. The smallest absolute Gasteiger partial charge is 0.0693 e. The number of piperazine rings is 1. The van der Waals surface area contributed by atoms with Crippen LogP contribution in [-0.2, 0) is 4.74 Å². The maximum Gasteiger partial charge on any atom is 0.0693 e. The van der Waals surface area contributed by atoms with Crippen molar-refractivity contribution < 1.29 is 4.74 Å². The van der Waals surface area contributed by atoms with Crippen molar-refractivity contribution in [3.63, 3.8) is 0 Å². The highest BCUT2D eigenvalue weighted by Gasteiger charge is 2.29. The number of methoxy groups -OCH3 is 1. The molecule has 1 saturated heterocycles. The third-order valence-electron chi connectivity index (χ3n) is 4.29. The van der Waals surface area contributed by atoms with E-state index in [4.69, 9.17) is 4.74 Å². The van der Waals surface area contributed by atoms with Crippen LogP contribution in [0, 0.1) is 0 Å². The van der Waals surface area contributed by atoms with E-state index in [0.717, 1.165) is 6.54 Å². The molecule has 1 aliphatic rings. The summed E-state index contributed by atoms with van der Waals surface area (Å²) in [4.78, 5) is 4.99. The minimum atomic E-state index is 0.211. The van der Waals surface area contributed by atoms with Crippen molar-refractivity contribution in [3.8, 4) is 0 Å². The van der Waals surface area contributed by atoms with E-state index in [9.17, 15) is 0 Å². The first-order chi connectivity index (χ1) is 8.36. The Balaban J connectivity index is 2.39. The van der Waals surface area contributed by atoms with Crippen molar-refractivity contribution in [1.82, 2.24) is 15.1 Å². The SMILES string of the molecule is COC(C)C(C)NCC(C)(C)N1CCN(C)CC1. The summed E-state index contributed by atoms with van der Waals surface area (Å²) in [6.07, 6.45) is 0.258. The fourth-order valence-corrected chi connectivity index (χ4v) is 2.30. The average molecular weight is 257 g/mol. The Bertz CT molecular complexity index is 237. The van der Waals surface area contributed by atoms with Gasteiger partial charge >= 0.3 is 0 Å². The highest BCUT2D eigenvalue weighted by Crippen LogP contribution is 2.16. The molecule has 0 aliphatic carbocycles. The Kier molecular flexibility index (Phi) is 6.05. The van der Waals surface area contributed by atoms with Gasteiger partial charge in [-0.25, -0.2) is 0 Å². The molecule has 108 valence electrons. The van der Waals surface area contributed by atoms with Gasteiger partial charge in [0.15, 0.2) is 0 Å². The van der Waals surface area contributed by atoms with Gasteiger partial charge in [0.2, 0.25) is 0 Å². The second-order valence-electron chi connectivity index (χ2n) is 6.21. The maximum atomic E-state index is 5.35. The van der Waals surface area contributed by atoms with Crippen LogP contribution in [0.4, 0.5) is 0 Å². The molecule has 0 aromatic rings. The fraction of sp³-hybridized carbons (Fsp3) is 1.00. The lowest BCUT2D eigenvalue weighted by atomic mass is 10.0. The lowest BCUT2D eigenvalue weighted by Crippen LogP contribution is -2.58. The van der Waals surface area contributed by atoms with Crippen molar-refractivity contribution in [3.05, 3.63) is 0 Å². The van der Waals surface area contributed by atoms with Crippen molar-refractivity contribution in [2.75, 3.05) is 46.9 Å². The largest absolute Gasteiger partial charge is 0.380 e. The van der Waals surface area contributed by atoms with Gasteiger partial charge < -0.3 is 15.0 Å². The lowest BCUT2D eigenvalue weighted by Gasteiger charge is -2.44. The highest BCUT2D eigenvalue weighted by atomic mass is 16.5. The van der Waals surface area contributed by atoms with Crippen molar-refractivity contribution >= 4 is 0 Å². The first-order valence-corrected chi connectivity index (χ1v) is 7.06. The zero-order valence-electron chi connectivity index (χ0n) is 13.0. The molecule has 1 heterocycles. The standard InChI is InChI=1S/C14H31N3O/c1-12(13(2)18-6)15-11-14(3,4)17-9-7-16(5)8-10-17/h12-13,15H,7-11H2,1-6H3. The molecule has 2 unspecified atom stereocenters. The molecule has 0 aromatic heterocycles. The summed E-state index contributed by atoms with van der Waals surface area (Å²) in [7, 11) is 3.97. The van der Waals surface area contributed by atoms with Gasteiger partial charge in [-0.2, -0.15) is 0 Å². The second kappa shape index (κ2) is 6.85. The van der Waals surface area contributed by atoms with Gasteiger partial charge in [0.1, 0.15) is 0 Å². The summed E-state index contributed by atoms with van der Waals surface area (Å²) in [6, 6.07) is 0.390. The molecule has 4 heteroatoms. The number of ether oxygens (including phenoxy) is 1. The molecule has 0 radical (unpaired) electrons. The number of nitrogens with zero attached hydrogens (tertiary/aromatic N) is 2. The molecule has 18 heavy (non-hydrogen) atoms. The van der Waals surface area contributed by atoms with Gasteiger partial charge in [-0.3, -0.25) is 4.90 Å². The number of rotatable bonds is 6. The van der Waals surface area contributed by atoms with Crippen LogP contribution < -0.4 is 5.32 Å². The number of hydrogen-bond acceptors (Lipinski definition) is 4. The molecule has 4 nitrogen and oxygen atoms in total. The number of nitrogens with one attached hydrogen (secondary N) is 1. The van der Waals surface area contributed by atoms with E-state index in [-0.39, 0.29) is 11.6 Å². The molecule has 0 amide bonds. The van der Waals surface area contributed by atoms with Crippen LogP contribution in [0.25, 0.3) is 0 Å². The Morgan fingerprint density at radius 1 is 1.17 bits per heavy atom. The Hall–Kier alpha value is -0.160. The third kappa shape index (κ3) is 4.50. The van der Waals surface area contributed by atoms with Gasteiger partial charge in [0.25, 0.3) is 0 Å². The molecule has 1 N–H and O–H groups in total. The van der Waals surface area contributed by atoms with E-state index in [2.05, 4.69) is 49.9 Å². The van der Waals surface area contributed by atoms with Crippen molar-refractivity contribution in [2.24, 2.45) is 0 Å². The highest BCUT2D eigenvalue weighted by molar-refractivity contribution is 4.88. The number of hydrogen-bond donors (Lipinski definition) is 1. The first kappa shape index (κ1) is 15.9. The van der Waals surface area contributed by atoms with Gasteiger partial charge in [0.05, 0.1) is 6.10 Å². The minimum Gasteiger partial charge on any atom is -0.380 e. The summed E-state index contributed by atoms with van der Waals surface area (Å²) in [5.41, 5.74) is 0.211. The van der Waals surface area contributed by atoms with Gasteiger partial charge in [-0.1, -0.05) is 0 Å². The average Bonchev–Trinajstić information content (AvgIpc) is 2.35. The predicted molar refractivity (Wildman–Crippen MR) is 77.1 cm³/mol. The maximum absolute atomic E-state index is 5.35. The molecular weight excluding hydrogens is 226 g/mol. The number of likely N-dealkylation sites (N-methyl/N-ethyl adjacent to an activating group) is 1. The Labute approximate surface area is 113 Å². The normalized spacial score (nSPS) is 23.0. The fourth-order valence-electron chi connectivity index (χ4n) is 2.30. The predicted octanol–water partition coefficient (Wildman–Crippen LogP) is 1.03. The molecular formula is C14H31N3O. The molecule has 1 rings (SSSR count). The molecule has 0 aromatic carbocycles. The Morgan fingerprint density at radius 2 is 1.72 bits per heavy atom. The molecule has 2 atom stereocenters. The lowest BCUT2D eigenvalue weighted by molar-refractivity contribution is 0.0485. The van der Waals surface area contributed by atoms with Gasteiger partial charge in [0, 0.05) is 51.4 Å². The summed E-state index contributed by atoms with van der Waals surface area (Å²) in [6.45, 7) is 14.6. The van der Waals surface area contributed by atoms with E-state index in [1.165, 1.54) is 26.2 Å². The van der Waals surface area contributed by atoms with Gasteiger partial charge in [-0.05, 0) is 34.7 Å². The molecule has 0 spiro atoms. The first-order valence-electron chi connectivity index (χ1n) is 7.06. The summed E-state index contributed by atoms with van der Waals surface area (Å²) >= 11 is 0. The third-order valence-corrected chi connectivity index (χ3v) is 4.29. The monoisotopic (exact) mass is 257 g/mol. The molecule has 0 bridgehead atoms. The summed E-state index contributed by atoms with van der Waals surface area (Å²) in [5, 5.41) is 3.60. The molecule has 1 fully saturated rings. The zero-order valence-corrected chi connectivity index (χ0v) is 13.0. The zero-order chi connectivity index (χ0) is 13.8. The Morgan fingerprint density at radius 3 is 2.22 bits per heavy atom. The topological polar surface area (TPSA) is 27.7 Å². The second-order valence-corrected chi connectivity index (χ2v) is 6.21. The molecule has 0 saturated carbocycles. The van der Waals surface area contributed by atoms with Crippen molar-refractivity contribution in [1.29, 1.82) is 0 Å². The van der Waals surface area contributed by atoms with E-state index < -0.39 is 0 Å². The van der Waals surface area contributed by atoms with E-state index in [0.29, 0.717) is 6.04 Å².